The van der Waals surface area contributed by atoms with Crippen LogP contribution in [-0.4, -0.2) is 48.2 Å². The minimum absolute atomic E-state index is 0.120. The van der Waals surface area contributed by atoms with Crippen LogP contribution in [0, 0.1) is 0 Å². The number of carbonyl (C=O) groups excluding carboxylic acids is 1. The van der Waals surface area contributed by atoms with Crippen LogP contribution in [0.25, 0.3) is 0 Å². The Kier molecular flexibility index (Phi) is 6.59. The molecule has 2 N–H and O–H groups in total. The number of ether oxygens (including phenoxy) is 1. The molecule has 0 radical (unpaired) electrons. The predicted molar refractivity (Wildman–Crippen MR) is 107 cm³/mol. The van der Waals surface area contributed by atoms with Gasteiger partial charge in [-0.05, 0) is 51.0 Å². The molecule has 27 heavy (non-hydrogen) atoms. The summed E-state index contributed by atoms with van der Waals surface area (Å²) in [6.07, 6.45) is 5.23. The number of nitrogens with zero attached hydrogens (tertiary/aromatic N) is 3. The van der Waals surface area contributed by atoms with E-state index >= 15 is 0 Å². The summed E-state index contributed by atoms with van der Waals surface area (Å²) in [5, 5.41) is 6.03. The molecule has 7 heteroatoms. The molecule has 1 unspecified atom stereocenters. The first-order valence-electron chi connectivity index (χ1n) is 9.53. The lowest BCUT2D eigenvalue weighted by atomic mass is 10.2. The van der Waals surface area contributed by atoms with Crippen LogP contribution in [0.3, 0.4) is 0 Å². The van der Waals surface area contributed by atoms with Crippen molar-refractivity contribution >= 4 is 23.2 Å². The van der Waals surface area contributed by atoms with E-state index in [9.17, 15) is 4.79 Å². The summed E-state index contributed by atoms with van der Waals surface area (Å²) in [4.78, 5) is 22.9. The molecule has 2 heterocycles. The molecule has 1 aliphatic rings. The molecule has 1 saturated heterocycles. The smallest absolute Gasteiger partial charge is 0.254 e. The summed E-state index contributed by atoms with van der Waals surface area (Å²) >= 11 is 0. The average Bonchev–Trinajstić information content (AvgIpc) is 3.22. The largest absolute Gasteiger partial charge is 0.376 e. The van der Waals surface area contributed by atoms with Crippen molar-refractivity contribution < 1.29 is 9.53 Å². The van der Waals surface area contributed by atoms with Crippen LogP contribution in [-0.2, 0) is 4.74 Å². The van der Waals surface area contributed by atoms with E-state index in [1.165, 1.54) is 18.1 Å². The average molecular weight is 369 g/mol. The van der Waals surface area contributed by atoms with Crippen molar-refractivity contribution in [2.75, 3.05) is 36.5 Å². The number of rotatable bonds is 8. The van der Waals surface area contributed by atoms with Crippen LogP contribution in [0.4, 0.5) is 17.3 Å². The van der Waals surface area contributed by atoms with E-state index < -0.39 is 0 Å². The monoisotopic (exact) mass is 369 g/mol. The Morgan fingerprint density at radius 3 is 2.48 bits per heavy atom. The summed E-state index contributed by atoms with van der Waals surface area (Å²) in [6, 6.07) is 8.14. The minimum atomic E-state index is -0.180. The van der Waals surface area contributed by atoms with E-state index in [0.29, 0.717) is 18.1 Å². The number of carbonyl (C=O) groups is 1. The standard InChI is InChI=1S/C20H27N5O2/c1-3-25(4-2)17-9-7-16(8-10-17)24-20-22-12-15(13-23-20)19(26)21-14-18-6-5-11-27-18/h7-10,12-13,18H,3-6,11,14H2,1-2H3,(H,21,26)(H,22,23,24). The highest BCUT2D eigenvalue weighted by atomic mass is 16.5. The van der Waals surface area contributed by atoms with Gasteiger partial charge in [0.25, 0.3) is 5.91 Å². The molecule has 0 aliphatic carbocycles. The third kappa shape index (κ3) is 5.17. The van der Waals surface area contributed by atoms with Crippen molar-refractivity contribution in [3.63, 3.8) is 0 Å². The van der Waals surface area contributed by atoms with Crippen LogP contribution in [0.2, 0.25) is 0 Å². The third-order valence-electron chi connectivity index (χ3n) is 4.68. The SMILES string of the molecule is CCN(CC)c1ccc(Nc2ncc(C(=O)NCC3CCCO3)cn2)cc1. The third-order valence-corrected chi connectivity index (χ3v) is 4.68. The molecular weight excluding hydrogens is 342 g/mol. The molecule has 1 amide bonds. The van der Waals surface area contributed by atoms with E-state index in [1.807, 2.05) is 12.1 Å². The molecule has 1 fully saturated rings. The van der Waals surface area contributed by atoms with E-state index in [-0.39, 0.29) is 12.0 Å². The summed E-state index contributed by atoms with van der Waals surface area (Å²) in [6.45, 7) is 7.53. The topological polar surface area (TPSA) is 79.4 Å². The summed E-state index contributed by atoms with van der Waals surface area (Å²) in [5.41, 5.74) is 2.53. The van der Waals surface area contributed by atoms with Crippen molar-refractivity contribution in [2.24, 2.45) is 0 Å². The van der Waals surface area contributed by atoms with Gasteiger partial charge in [0.2, 0.25) is 5.95 Å². The summed E-state index contributed by atoms with van der Waals surface area (Å²) in [7, 11) is 0. The zero-order valence-corrected chi connectivity index (χ0v) is 15.9. The van der Waals surface area contributed by atoms with E-state index in [0.717, 1.165) is 38.2 Å². The van der Waals surface area contributed by atoms with Gasteiger partial charge in [0, 0.05) is 50.0 Å². The first-order chi connectivity index (χ1) is 13.2. The normalized spacial score (nSPS) is 16.1. The molecule has 1 aromatic carbocycles. The minimum Gasteiger partial charge on any atom is -0.376 e. The van der Waals surface area contributed by atoms with E-state index in [1.54, 1.807) is 0 Å². The van der Waals surface area contributed by atoms with Crippen LogP contribution in [0.15, 0.2) is 36.7 Å². The number of hydrogen-bond donors (Lipinski definition) is 2. The summed E-state index contributed by atoms with van der Waals surface area (Å²) < 4.78 is 5.50. The number of aromatic nitrogens is 2. The van der Waals surface area contributed by atoms with Gasteiger partial charge in [0.1, 0.15) is 0 Å². The van der Waals surface area contributed by atoms with Gasteiger partial charge in [-0.2, -0.15) is 0 Å². The Labute approximate surface area is 160 Å². The van der Waals surface area contributed by atoms with Gasteiger partial charge in [-0.1, -0.05) is 0 Å². The fourth-order valence-corrected chi connectivity index (χ4v) is 3.10. The predicted octanol–water partition coefficient (Wildman–Crippen LogP) is 2.98. The molecule has 0 saturated carbocycles. The van der Waals surface area contributed by atoms with Crippen LogP contribution < -0.4 is 15.5 Å². The van der Waals surface area contributed by atoms with Gasteiger partial charge in [-0.25, -0.2) is 9.97 Å². The van der Waals surface area contributed by atoms with Crippen molar-refractivity contribution in [3.8, 4) is 0 Å². The number of amides is 1. The molecule has 3 rings (SSSR count). The highest BCUT2D eigenvalue weighted by Gasteiger charge is 2.17. The van der Waals surface area contributed by atoms with Gasteiger partial charge in [0.05, 0.1) is 11.7 Å². The van der Waals surface area contributed by atoms with Crippen molar-refractivity contribution in [3.05, 3.63) is 42.2 Å². The lowest BCUT2D eigenvalue weighted by molar-refractivity contribution is 0.0857. The Morgan fingerprint density at radius 1 is 1.19 bits per heavy atom. The second kappa shape index (κ2) is 9.32. The maximum atomic E-state index is 12.2. The van der Waals surface area contributed by atoms with Crippen molar-refractivity contribution in [2.45, 2.75) is 32.8 Å². The fourth-order valence-electron chi connectivity index (χ4n) is 3.10. The van der Waals surface area contributed by atoms with E-state index in [2.05, 4.69) is 51.5 Å². The Morgan fingerprint density at radius 2 is 1.89 bits per heavy atom. The molecule has 7 nitrogen and oxygen atoms in total. The molecule has 0 spiro atoms. The Hall–Kier alpha value is -2.67. The first-order valence-corrected chi connectivity index (χ1v) is 9.53. The lowest BCUT2D eigenvalue weighted by Gasteiger charge is -2.21. The van der Waals surface area contributed by atoms with E-state index in [4.69, 9.17) is 4.74 Å². The quantitative estimate of drug-likeness (QED) is 0.745. The van der Waals surface area contributed by atoms with Crippen LogP contribution >= 0.6 is 0 Å². The first kappa shape index (κ1) is 19.1. The molecule has 144 valence electrons. The zero-order valence-electron chi connectivity index (χ0n) is 15.9. The van der Waals surface area contributed by atoms with Crippen molar-refractivity contribution in [1.82, 2.24) is 15.3 Å². The number of benzene rings is 1. The van der Waals surface area contributed by atoms with Gasteiger partial charge < -0.3 is 20.3 Å². The van der Waals surface area contributed by atoms with Gasteiger partial charge in [-0.15, -0.1) is 0 Å². The number of nitrogens with one attached hydrogen (secondary N) is 2. The lowest BCUT2D eigenvalue weighted by Crippen LogP contribution is -2.31. The zero-order chi connectivity index (χ0) is 19.1. The summed E-state index contributed by atoms with van der Waals surface area (Å²) in [5.74, 6) is 0.280. The van der Waals surface area contributed by atoms with Gasteiger partial charge in [-0.3, -0.25) is 4.79 Å². The van der Waals surface area contributed by atoms with Crippen LogP contribution in [0.1, 0.15) is 37.0 Å². The maximum Gasteiger partial charge on any atom is 0.254 e. The Balaban J connectivity index is 1.54. The second-order valence-electron chi connectivity index (χ2n) is 6.48. The van der Waals surface area contributed by atoms with Gasteiger partial charge in [0.15, 0.2) is 0 Å². The molecular formula is C20H27N5O2. The van der Waals surface area contributed by atoms with Crippen molar-refractivity contribution in [1.29, 1.82) is 0 Å². The van der Waals surface area contributed by atoms with Gasteiger partial charge >= 0.3 is 0 Å². The Bertz CT molecular complexity index is 723. The molecule has 1 aromatic heterocycles. The molecule has 2 aromatic rings. The molecule has 0 bridgehead atoms. The fraction of sp³-hybridized carbons (Fsp3) is 0.450. The van der Waals surface area contributed by atoms with Crippen LogP contribution in [0.5, 0.6) is 0 Å². The highest BCUT2D eigenvalue weighted by Crippen LogP contribution is 2.19. The maximum absolute atomic E-state index is 12.2. The number of anilines is 3. The highest BCUT2D eigenvalue weighted by molar-refractivity contribution is 5.93. The number of hydrogen-bond acceptors (Lipinski definition) is 6. The molecule has 1 aliphatic heterocycles. The second-order valence-corrected chi connectivity index (χ2v) is 6.48. The molecule has 1 atom stereocenters.